The maximum atomic E-state index is 11.7. The summed E-state index contributed by atoms with van der Waals surface area (Å²) in [5.74, 6) is 0. The summed E-state index contributed by atoms with van der Waals surface area (Å²) < 4.78 is 5.99. The van der Waals surface area contributed by atoms with Crippen LogP contribution < -0.4 is 5.32 Å². The number of hydrogen-bond acceptors (Lipinski definition) is 3. The van der Waals surface area contributed by atoms with Crippen LogP contribution in [0.1, 0.15) is 37.9 Å². The molecule has 104 valence electrons. The summed E-state index contributed by atoms with van der Waals surface area (Å²) in [4.78, 5) is 22.9. The molecule has 4 nitrogen and oxygen atoms in total. The fourth-order valence-corrected chi connectivity index (χ4v) is 1.94. The lowest BCUT2D eigenvalue weighted by Crippen LogP contribution is -2.35. The standard InChI is InChI=1S/C14H18BrNO3/c1-9-5-6-10(15)7-11(9)12(8-17)16-13(18)19-14(2,3)4/h5-8,12H,1-4H3,(H,16,18). The Hall–Kier alpha value is -1.36. The van der Waals surface area contributed by atoms with Crippen molar-refractivity contribution in [2.75, 3.05) is 0 Å². The highest BCUT2D eigenvalue weighted by Gasteiger charge is 2.21. The summed E-state index contributed by atoms with van der Waals surface area (Å²) in [6, 6.07) is 4.86. The van der Waals surface area contributed by atoms with Gasteiger partial charge in [-0.1, -0.05) is 22.0 Å². The zero-order valence-corrected chi connectivity index (χ0v) is 13.1. The third kappa shape index (κ3) is 5.03. The number of alkyl carbamates (subject to hydrolysis) is 1. The van der Waals surface area contributed by atoms with Crippen LogP contribution in [-0.4, -0.2) is 18.0 Å². The molecule has 0 radical (unpaired) electrons. The Morgan fingerprint density at radius 3 is 2.58 bits per heavy atom. The van der Waals surface area contributed by atoms with Crippen LogP contribution >= 0.6 is 15.9 Å². The zero-order chi connectivity index (χ0) is 14.6. The highest BCUT2D eigenvalue weighted by Crippen LogP contribution is 2.21. The molecule has 0 saturated heterocycles. The molecular formula is C14H18BrNO3. The monoisotopic (exact) mass is 327 g/mol. The minimum atomic E-state index is -0.715. The largest absolute Gasteiger partial charge is 0.444 e. The van der Waals surface area contributed by atoms with Crippen LogP contribution in [0, 0.1) is 6.92 Å². The average molecular weight is 328 g/mol. The summed E-state index contributed by atoms with van der Waals surface area (Å²) in [6.07, 6.45) is 0.0857. The van der Waals surface area contributed by atoms with Gasteiger partial charge in [0.25, 0.3) is 0 Å². The lowest BCUT2D eigenvalue weighted by molar-refractivity contribution is -0.109. The van der Waals surface area contributed by atoms with Crippen LogP contribution in [-0.2, 0) is 9.53 Å². The number of benzene rings is 1. The maximum absolute atomic E-state index is 11.7. The number of amides is 1. The van der Waals surface area contributed by atoms with Crippen LogP contribution in [0.5, 0.6) is 0 Å². The van der Waals surface area contributed by atoms with Crippen LogP contribution in [0.3, 0.4) is 0 Å². The van der Waals surface area contributed by atoms with Gasteiger partial charge >= 0.3 is 6.09 Å². The third-order valence-corrected chi connectivity index (χ3v) is 2.88. The molecule has 1 aromatic carbocycles. The fraction of sp³-hybridized carbons (Fsp3) is 0.429. The molecule has 1 rings (SSSR count). The van der Waals surface area contributed by atoms with Gasteiger partial charge in [-0.2, -0.15) is 0 Å². The minimum Gasteiger partial charge on any atom is -0.444 e. The van der Waals surface area contributed by atoms with E-state index in [0.717, 1.165) is 15.6 Å². The second-order valence-corrected chi connectivity index (χ2v) is 6.18. The van der Waals surface area contributed by atoms with Crippen molar-refractivity contribution < 1.29 is 14.3 Å². The number of nitrogens with one attached hydrogen (secondary N) is 1. The SMILES string of the molecule is Cc1ccc(Br)cc1C(C=O)NC(=O)OC(C)(C)C. The number of ether oxygens (including phenoxy) is 1. The second-order valence-electron chi connectivity index (χ2n) is 5.26. The maximum Gasteiger partial charge on any atom is 0.408 e. The summed E-state index contributed by atoms with van der Waals surface area (Å²) in [6.45, 7) is 7.20. The Bertz CT molecular complexity index is 480. The number of aryl methyl sites for hydroxylation is 1. The molecule has 0 spiro atoms. The number of carbonyl (C=O) groups excluding carboxylic acids is 2. The number of aldehydes is 1. The quantitative estimate of drug-likeness (QED) is 0.864. The van der Waals surface area contributed by atoms with Crippen molar-refractivity contribution in [3.63, 3.8) is 0 Å². The molecule has 0 aliphatic carbocycles. The van der Waals surface area contributed by atoms with Crippen molar-refractivity contribution >= 4 is 28.3 Å². The Morgan fingerprint density at radius 1 is 1.42 bits per heavy atom. The Labute approximate surface area is 121 Å². The first-order chi connectivity index (χ1) is 8.73. The molecule has 0 fully saturated rings. The molecule has 0 saturated carbocycles. The summed E-state index contributed by atoms with van der Waals surface area (Å²) in [5.41, 5.74) is 1.08. The first-order valence-electron chi connectivity index (χ1n) is 5.94. The zero-order valence-electron chi connectivity index (χ0n) is 11.5. The first-order valence-corrected chi connectivity index (χ1v) is 6.73. The highest BCUT2D eigenvalue weighted by atomic mass is 79.9. The highest BCUT2D eigenvalue weighted by molar-refractivity contribution is 9.10. The van der Waals surface area contributed by atoms with Gasteiger partial charge in [0.1, 0.15) is 17.9 Å². The predicted molar refractivity (Wildman–Crippen MR) is 77.1 cm³/mol. The van der Waals surface area contributed by atoms with Crippen molar-refractivity contribution in [2.24, 2.45) is 0 Å². The predicted octanol–water partition coefficient (Wildman–Crippen LogP) is 3.52. The van der Waals surface area contributed by atoms with Crippen molar-refractivity contribution in [3.8, 4) is 0 Å². The fourth-order valence-electron chi connectivity index (χ4n) is 1.57. The topological polar surface area (TPSA) is 55.4 Å². The van der Waals surface area contributed by atoms with Gasteiger partial charge in [-0.15, -0.1) is 0 Å². The Morgan fingerprint density at radius 2 is 2.05 bits per heavy atom. The number of hydrogen-bond donors (Lipinski definition) is 1. The van der Waals surface area contributed by atoms with Gasteiger partial charge in [-0.3, -0.25) is 0 Å². The van der Waals surface area contributed by atoms with Crippen molar-refractivity contribution in [2.45, 2.75) is 39.3 Å². The molecule has 1 aromatic rings. The molecule has 1 unspecified atom stereocenters. The molecule has 0 aliphatic heterocycles. The lowest BCUT2D eigenvalue weighted by Gasteiger charge is -2.22. The molecular weight excluding hydrogens is 310 g/mol. The van der Waals surface area contributed by atoms with Crippen molar-refractivity contribution in [3.05, 3.63) is 33.8 Å². The van der Waals surface area contributed by atoms with Gasteiger partial charge in [0.05, 0.1) is 0 Å². The van der Waals surface area contributed by atoms with Gasteiger partial charge < -0.3 is 14.8 Å². The number of halogens is 1. The van der Waals surface area contributed by atoms with E-state index in [9.17, 15) is 9.59 Å². The van der Waals surface area contributed by atoms with E-state index < -0.39 is 17.7 Å². The van der Waals surface area contributed by atoms with E-state index in [4.69, 9.17) is 4.74 Å². The lowest BCUT2D eigenvalue weighted by atomic mass is 10.0. The van der Waals surface area contributed by atoms with E-state index in [0.29, 0.717) is 6.29 Å². The van der Waals surface area contributed by atoms with E-state index in [1.807, 2.05) is 25.1 Å². The van der Waals surface area contributed by atoms with E-state index in [2.05, 4.69) is 21.2 Å². The molecule has 0 aromatic heterocycles. The molecule has 0 bridgehead atoms. The molecule has 0 heterocycles. The van der Waals surface area contributed by atoms with Crippen LogP contribution in [0.4, 0.5) is 4.79 Å². The number of rotatable bonds is 3. The molecule has 1 amide bonds. The minimum absolute atomic E-state index is 0.593. The second kappa shape index (κ2) is 6.19. The smallest absolute Gasteiger partial charge is 0.408 e. The molecule has 5 heteroatoms. The first kappa shape index (κ1) is 15.7. The van der Waals surface area contributed by atoms with Crippen LogP contribution in [0.25, 0.3) is 0 Å². The van der Waals surface area contributed by atoms with Crippen LogP contribution in [0.2, 0.25) is 0 Å². The summed E-state index contributed by atoms with van der Waals surface area (Å²) in [7, 11) is 0. The van der Waals surface area contributed by atoms with Crippen LogP contribution in [0.15, 0.2) is 22.7 Å². The van der Waals surface area contributed by atoms with Gasteiger partial charge in [0.2, 0.25) is 0 Å². The average Bonchev–Trinajstić information content (AvgIpc) is 2.27. The van der Waals surface area contributed by atoms with Gasteiger partial charge in [-0.05, 0) is 51.0 Å². The van der Waals surface area contributed by atoms with Gasteiger partial charge in [-0.25, -0.2) is 4.79 Å². The molecule has 0 aliphatic rings. The van der Waals surface area contributed by atoms with E-state index in [1.165, 1.54) is 0 Å². The normalized spacial score (nSPS) is 12.7. The van der Waals surface area contributed by atoms with E-state index in [1.54, 1.807) is 20.8 Å². The van der Waals surface area contributed by atoms with E-state index >= 15 is 0 Å². The van der Waals surface area contributed by atoms with Gasteiger partial charge in [0.15, 0.2) is 0 Å². The Balaban J connectivity index is 2.87. The molecule has 19 heavy (non-hydrogen) atoms. The van der Waals surface area contributed by atoms with E-state index in [-0.39, 0.29) is 0 Å². The number of carbonyl (C=O) groups is 2. The van der Waals surface area contributed by atoms with Crippen molar-refractivity contribution in [1.29, 1.82) is 0 Å². The third-order valence-electron chi connectivity index (χ3n) is 2.38. The van der Waals surface area contributed by atoms with Gasteiger partial charge in [0, 0.05) is 4.47 Å². The molecule has 1 N–H and O–H groups in total. The summed E-state index contributed by atoms with van der Waals surface area (Å²) in [5, 5.41) is 2.56. The Kier molecular flexibility index (Phi) is 5.11. The van der Waals surface area contributed by atoms with Crippen molar-refractivity contribution in [1.82, 2.24) is 5.32 Å². The summed E-state index contributed by atoms with van der Waals surface area (Å²) >= 11 is 3.35. The molecule has 1 atom stereocenters.